The van der Waals surface area contributed by atoms with Crippen molar-refractivity contribution in [2.24, 2.45) is 5.92 Å². The molecule has 39 heavy (non-hydrogen) atoms. The molecule has 6 nitrogen and oxygen atoms in total. The number of alkyl halides is 3. The smallest absolute Gasteiger partial charge is 0.274 e. The summed E-state index contributed by atoms with van der Waals surface area (Å²) in [5.41, 5.74) is 2.99. The number of nitrogens with zero attached hydrogens (tertiary/aromatic N) is 3. The van der Waals surface area contributed by atoms with Crippen LogP contribution in [0.25, 0.3) is 10.9 Å². The summed E-state index contributed by atoms with van der Waals surface area (Å²) in [5.74, 6) is 6.24. The minimum Gasteiger partial charge on any atom is -0.356 e. The van der Waals surface area contributed by atoms with Crippen LogP contribution in [0.3, 0.4) is 0 Å². The first kappa shape index (κ1) is 26.9. The fourth-order valence-electron chi connectivity index (χ4n) is 4.73. The monoisotopic (exact) mass is 551 g/mol. The van der Waals surface area contributed by atoms with Crippen molar-refractivity contribution in [3.05, 3.63) is 81.2 Å². The maximum Gasteiger partial charge on any atom is 0.274 e. The van der Waals surface area contributed by atoms with E-state index in [2.05, 4.69) is 37.0 Å². The molecule has 5 rings (SSSR count). The molecule has 1 aromatic carbocycles. The Labute approximate surface area is 228 Å². The van der Waals surface area contributed by atoms with Crippen LogP contribution in [0.5, 0.6) is 0 Å². The van der Waals surface area contributed by atoms with Gasteiger partial charge in [-0.2, -0.15) is 0 Å². The van der Waals surface area contributed by atoms with E-state index >= 15 is 0 Å². The van der Waals surface area contributed by atoms with E-state index in [0.29, 0.717) is 28.5 Å². The normalized spacial score (nSPS) is 15.3. The Morgan fingerprint density at radius 3 is 2.74 bits per heavy atom. The highest BCUT2D eigenvalue weighted by Gasteiger charge is 2.25. The standard InChI is InChI=1S/C29H28F3N5OS/c1-18-14-20(7-6-19-8-11-37(12-9-19)13-10-30)15-24(34-18)28(38)36-26(29-33-17-25(39-29)27(31)32)23-16-21-4-2-3-5-22(21)35-23/h2-5,14-17,19,26-27,35H,8-13H2,1H3,(H,36,38). The fraction of sp³-hybridized carbons (Fsp3) is 0.345. The van der Waals surface area contributed by atoms with Crippen LogP contribution < -0.4 is 5.32 Å². The van der Waals surface area contributed by atoms with Crippen LogP contribution in [-0.4, -0.2) is 52.1 Å². The zero-order valence-electron chi connectivity index (χ0n) is 21.4. The van der Waals surface area contributed by atoms with E-state index in [-0.39, 0.29) is 23.2 Å². The zero-order chi connectivity index (χ0) is 27.4. The van der Waals surface area contributed by atoms with Gasteiger partial charge in [0.05, 0.1) is 4.88 Å². The van der Waals surface area contributed by atoms with Crippen LogP contribution in [0.2, 0.25) is 0 Å². The molecule has 10 heteroatoms. The molecular formula is C29H28F3N5OS. The molecular weight excluding hydrogens is 523 g/mol. The number of aryl methyl sites for hydroxylation is 1. The number of rotatable bonds is 7. The van der Waals surface area contributed by atoms with Crippen LogP contribution in [0.4, 0.5) is 13.2 Å². The lowest BCUT2D eigenvalue weighted by atomic mass is 9.97. The third-order valence-electron chi connectivity index (χ3n) is 6.74. The van der Waals surface area contributed by atoms with Crippen LogP contribution in [0, 0.1) is 24.7 Å². The minimum absolute atomic E-state index is 0.165. The lowest BCUT2D eigenvalue weighted by Gasteiger charge is -2.28. The van der Waals surface area contributed by atoms with Crippen molar-refractivity contribution in [3.8, 4) is 11.8 Å². The number of carbonyl (C=O) groups excluding carboxylic acids is 1. The lowest BCUT2D eigenvalue weighted by molar-refractivity contribution is 0.0937. The Morgan fingerprint density at radius 1 is 1.23 bits per heavy atom. The summed E-state index contributed by atoms with van der Waals surface area (Å²) in [7, 11) is 0. The van der Waals surface area contributed by atoms with Crippen LogP contribution in [0.15, 0.2) is 48.7 Å². The molecule has 3 aromatic heterocycles. The molecule has 1 amide bonds. The van der Waals surface area contributed by atoms with E-state index in [1.807, 2.05) is 36.4 Å². The predicted octanol–water partition coefficient (Wildman–Crippen LogP) is 5.82. The second kappa shape index (κ2) is 12.0. The van der Waals surface area contributed by atoms with Gasteiger partial charge in [0.1, 0.15) is 23.4 Å². The topological polar surface area (TPSA) is 73.9 Å². The number of benzene rings is 1. The second-order valence-corrected chi connectivity index (χ2v) is 10.7. The number of para-hydroxylation sites is 1. The number of aromatic nitrogens is 3. The molecule has 1 aliphatic heterocycles. The number of hydrogen-bond donors (Lipinski definition) is 2. The summed E-state index contributed by atoms with van der Waals surface area (Å²) in [6, 6.07) is 12.2. The van der Waals surface area contributed by atoms with E-state index in [9.17, 15) is 18.0 Å². The number of piperidine rings is 1. The molecule has 1 fully saturated rings. The van der Waals surface area contributed by atoms with Crippen LogP contribution in [-0.2, 0) is 0 Å². The molecule has 1 aliphatic rings. The number of halogens is 3. The van der Waals surface area contributed by atoms with Gasteiger partial charge in [-0.25, -0.2) is 23.1 Å². The maximum absolute atomic E-state index is 13.4. The summed E-state index contributed by atoms with van der Waals surface area (Å²) in [5, 5.41) is 4.22. The van der Waals surface area contributed by atoms with E-state index < -0.39 is 18.4 Å². The van der Waals surface area contributed by atoms with Gasteiger partial charge in [0.2, 0.25) is 0 Å². The third-order valence-corrected chi connectivity index (χ3v) is 7.81. The first-order valence-electron chi connectivity index (χ1n) is 12.8. The molecule has 0 bridgehead atoms. The maximum atomic E-state index is 13.4. The van der Waals surface area contributed by atoms with Crippen LogP contribution in [0.1, 0.15) is 62.6 Å². The molecule has 0 aliphatic carbocycles. The first-order chi connectivity index (χ1) is 18.9. The molecule has 4 aromatic rings. The van der Waals surface area contributed by atoms with Crippen molar-refractivity contribution >= 4 is 28.1 Å². The number of likely N-dealkylation sites (tertiary alicyclic amines) is 1. The number of nitrogens with one attached hydrogen (secondary N) is 2. The third kappa shape index (κ3) is 6.49. The highest BCUT2D eigenvalue weighted by molar-refractivity contribution is 7.11. The highest BCUT2D eigenvalue weighted by atomic mass is 32.1. The Morgan fingerprint density at radius 2 is 2.03 bits per heavy atom. The molecule has 1 atom stereocenters. The molecule has 1 saturated heterocycles. The minimum atomic E-state index is -2.65. The number of thiazole rings is 1. The molecule has 1 unspecified atom stereocenters. The Bertz CT molecular complexity index is 1480. The number of aromatic amines is 1. The van der Waals surface area contributed by atoms with E-state index in [4.69, 9.17) is 0 Å². The number of H-pyrrole nitrogens is 1. The summed E-state index contributed by atoms with van der Waals surface area (Å²) < 4.78 is 39.2. The SMILES string of the molecule is Cc1cc(C#CC2CCN(CCF)CC2)cc(C(=O)NC(c2cc3ccccc3[nH]2)c2ncc(C(F)F)s2)n1. The van der Waals surface area contributed by atoms with Gasteiger partial charge in [-0.05, 0) is 62.5 Å². The summed E-state index contributed by atoms with van der Waals surface area (Å²) >= 11 is 0.862. The Balaban J connectivity index is 1.38. The van der Waals surface area contributed by atoms with E-state index in [1.165, 1.54) is 0 Å². The van der Waals surface area contributed by atoms with Crippen LogP contribution >= 0.6 is 11.3 Å². The zero-order valence-corrected chi connectivity index (χ0v) is 22.2. The van der Waals surface area contributed by atoms with Crippen molar-refractivity contribution in [1.29, 1.82) is 0 Å². The van der Waals surface area contributed by atoms with Crippen molar-refractivity contribution in [1.82, 2.24) is 25.2 Å². The van der Waals surface area contributed by atoms with Gasteiger partial charge in [-0.15, -0.1) is 11.3 Å². The molecule has 0 saturated carbocycles. The van der Waals surface area contributed by atoms with Crippen molar-refractivity contribution < 1.29 is 18.0 Å². The average Bonchev–Trinajstić information content (AvgIpc) is 3.59. The van der Waals surface area contributed by atoms with Gasteiger partial charge in [-0.1, -0.05) is 30.0 Å². The van der Waals surface area contributed by atoms with E-state index in [1.54, 1.807) is 13.0 Å². The Hall–Kier alpha value is -3.68. The van der Waals surface area contributed by atoms with Gasteiger partial charge in [0.25, 0.3) is 12.3 Å². The number of hydrogen-bond acceptors (Lipinski definition) is 5. The first-order valence-corrected chi connectivity index (χ1v) is 13.6. The van der Waals surface area contributed by atoms with Gasteiger partial charge in [0.15, 0.2) is 0 Å². The summed E-state index contributed by atoms with van der Waals surface area (Å²) in [4.78, 5) is 27.2. The van der Waals surface area contributed by atoms with Crippen molar-refractivity contribution in [3.63, 3.8) is 0 Å². The van der Waals surface area contributed by atoms with Gasteiger partial charge >= 0.3 is 0 Å². The molecule has 0 spiro atoms. The number of amides is 1. The number of fused-ring (bicyclic) bond motifs is 1. The molecule has 4 heterocycles. The molecule has 2 N–H and O–H groups in total. The summed E-state index contributed by atoms with van der Waals surface area (Å²) in [6.45, 7) is 3.57. The fourth-order valence-corrected chi connectivity index (χ4v) is 5.57. The highest BCUT2D eigenvalue weighted by Crippen LogP contribution is 2.32. The van der Waals surface area contributed by atoms with E-state index in [0.717, 1.165) is 54.4 Å². The quantitative estimate of drug-likeness (QED) is 0.284. The number of pyridine rings is 1. The molecule has 0 radical (unpaired) electrons. The van der Waals surface area contributed by atoms with Crippen molar-refractivity contribution in [2.75, 3.05) is 26.3 Å². The lowest BCUT2D eigenvalue weighted by Crippen LogP contribution is -2.34. The predicted molar refractivity (Wildman–Crippen MR) is 146 cm³/mol. The van der Waals surface area contributed by atoms with Gasteiger partial charge in [0, 0.05) is 41.1 Å². The van der Waals surface area contributed by atoms with Gasteiger partial charge in [-0.3, -0.25) is 4.79 Å². The average molecular weight is 552 g/mol. The number of carbonyl (C=O) groups is 1. The summed E-state index contributed by atoms with van der Waals surface area (Å²) in [6.07, 6.45) is 0.259. The molecule has 202 valence electrons. The largest absolute Gasteiger partial charge is 0.356 e. The van der Waals surface area contributed by atoms with Gasteiger partial charge < -0.3 is 15.2 Å². The second-order valence-electron chi connectivity index (χ2n) is 9.58. The van der Waals surface area contributed by atoms with Crippen molar-refractivity contribution in [2.45, 2.75) is 32.2 Å². The Kier molecular flexibility index (Phi) is 8.29.